The molecule has 1 atom stereocenters. The number of aromatic hydroxyl groups is 1. The second-order valence-electron chi connectivity index (χ2n) is 6.98. The number of rotatable bonds is 4. The molecule has 0 unspecified atom stereocenters. The van der Waals surface area contributed by atoms with Gasteiger partial charge in [0.2, 0.25) is 11.7 Å². The molecular weight excluding hydrogens is 415 g/mol. The van der Waals surface area contributed by atoms with Crippen molar-refractivity contribution in [1.29, 1.82) is 0 Å². The van der Waals surface area contributed by atoms with Crippen molar-refractivity contribution in [2.75, 3.05) is 19.5 Å². The number of ether oxygens (including phenoxy) is 2. The van der Waals surface area contributed by atoms with Crippen LogP contribution in [0.15, 0.2) is 42.7 Å². The number of fused-ring (bicyclic) bond motifs is 1. The van der Waals surface area contributed by atoms with Crippen LogP contribution < -0.4 is 14.8 Å². The number of carbonyl (C=O) groups excluding carboxylic acids is 1. The lowest BCUT2D eigenvalue weighted by Gasteiger charge is -2.26. The number of hydrogen-bond acceptors (Lipinski definition) is 5. The number of anilines is 1. The van der Waals surface area contributed by atoms with E-state index in [4.69, 9.17) is 9.47 Å². The van der Waals surface area contributed by atoms with Crippen molar-refractivity contribution < 1.29 is 32.5 Å². The van der Waals surface area contributed by atoms with Crippen LogP contribution in [0, 0.1) is 0 Å². The molecule has 3 aromatic rings. The number of halogens is 3. The molecule has 31 heavy (non-hydrogen) atoms. The van der Waals surface area contributed by atoms with Gasteiger partial charge in [0.15, 0.2) is 17.3 Å². The van der Waals surface area contributed by atoms with Gasteiger partial charge in [-0.15, -0.1) is 0 Å². The van der Waals surface area contributed by atoms with Crippen LogP contribution in [0.1, 0.15) is 29.2 Å². The molecule has 1 aliphatic rings. The van der Waals surface area contributed by atoms with Gasteiger partial charge >= 0.3 is 6.18 Å². The smallest absolute Gasteiger partial charge is 0.416 e. The number of nitrogens with zero attached hydrogens (tertiary/aromatic N) is 2. The van der Waals surface area contributed by atoms with Crippen LogP contribution in [0.25, 0.3) is 5.69 Å². The number of phenolic OH excluding ortho intramolecular Hbond substituents is 1. The number of nitrogens with one attached hydrogen (secondary N) is 1. The highest BCUT2D eigenvalue weighted by Crippen LogP contribution is 2.44. The summed E-state index contributed by atoms with van der Waals surface area (Å²) >= 11 is 0. The summed E-state index contributed by atoms with van der Waals surface area (Å²) < 4.78 is 51.6. The zero-order valence-corrected chi connectivity index (χ0v) is 16.5. The van der Waals surface area contributed by atoms with Gasteiger partial charge in [-0.3, -0.25) is 4.79 Å². The summed E-state index contributed by atoms with van der Waals surface area (Å²) in [6.45, 7) is 0. The Morgan fingerprint density at radius 2 is 1.84 bits per heavy atom. The number of methoxy groups -OCH3 is 2. The van der Waals surface area contributed by atoms with Gasteiger partial charge in [0.05, 0.1) is 25.5 Å². The van der Waals surface area contributed by atoms with Crippen LogP contribution in [0.2, 0.25) is 0 Å². The van der Waals surface area contributed by atoms with Gasteiger partial charge in [-0.1, -0.05) is 6.07 Å². The van der Waals surface area contributed by atoms with Crippen LogP contribution in [-0.4, -0.2) is 34.8 Å². The first-order chi connectivity index (χ1) is 14.7. The molecule has 0 radical (unpaired) electrons. The number of carbonyl (C=O) groups is 1. The van der Waals surface area contributed by atoms with E-state index in [2.05, 4.69) is 10.3 Å². The van der Waals surface area contributed by atoms with E-state index >= 15 is 0 Å². The maximum Gasteiger partial charge on any atom is 0.416 e. The van der Waals surface area contributed by atoms with Gasteiger partial charge in [-0.05, 0) is 35.9 Å². The highest BCUT2D eigenvalue weighted by molar-refractivity contribution is 5.94. The first-order valence-electron chi connectivity index (χ1n) is 9.22. The number of benzene rings is 2. The molecule has 0 aliphatic carbocycles. The Bertz CT molecular complexity index is 1130. The molecule has 0 spiro atoms. The number of amides is 1. The van der Waals surface area contributed by atoms with Crippen molar-refractivity contribution in [3.05, 3.63) is 59.5 Å². The number of alkyl halides is 3. The Morgan fingerprint density at radius 1 is 1.16 bits per heavy atom. The molecule has 0 saturated heterocycles. The van der Waals surface area contributed by atoms with Crippen LogP contribution >= 0.6 is 0 Å². The summed E-state index contributed by atoms with van der Waals surface area (Å²) in [5.41, 5.74) is 0.546. The number of phenols is 1. The third-order valence-corrected chi connectivity index (χ3v) is 5.14. The quantitative estimate of drug-likeness (QED) is 0.648. The fourth-order valence-corrected chi connectivity index (χ4v) is 3.68. The Hall–Kier alpha value is -3.69. The standard InChI is InChI=1S/C21H18F3N3O4/c1-30-15-6-11(7-16(31-2)19(15)29)14-9-17(28)26-20-18(14)27(10-25-20)13-5-3-4-12(8-13)21(22,23)24/h3-8,10,14,29H,9H2,1-2H3,(H,26,28)/t14-/m1/s1. The van der Waals surface area contributed by atoms with Crippen LogP contribution in [0.3, 0.4) is 0 Å². The van der Waals surface area contributed by atoms with Gasteiger partial charge in [-0.25, -0.2) is 4.98 Å². The van der Waals surface area contributed by atoms with E-state index in [1.807, 2.05) is 0 Å². The Balaban J connectivity index is 1.88. The molecule has 1 amide bonds. The van der Waals surface area contributed by atoms with Crippen LogP contribution in [0.4, 0.5) is 19.0 Å². The lowest BCUT2D eigenvalue weighted by atomic mass is 9.89. The van der Waals surface area contributed by atoms with Crippen LogP contribution in [-0.2, 0) is 11.0 Å². The lowest BCUT2D eigenvalue weighted by Crippen LogP contribution is -2.25. The van der Waals surface area contributed by atoms with E-state index < -0.39 is 17.7 Å². The zero-order chi connectivity index (χ0) is 22.3. The van der Waals surface area contributed by atoms with Crippen molar-refractivity contribution in [2.24, 2.45) is 0 Å². The summed E-state index contributed by atoms with van der Waals surface area (Å²) in [5.74, 6) is -0.508. The third kappa shape index (κ3) is 3.65. The van der Waals surface area contributed by atoms with E-state index in [1.165, 1.54) is 37.2 Å². The first kappa shape index (κ1) is 20.6. The highest BCUT2D eigenvalue weighted by Gasteiger charge is 2.34. The molecule has 0 fully saturated rings. The summed E-state index contributed by atoms with van der Waals surface area (Å²) in [6.07, 6.45) is -3.11. The average molecular weight is 433 g/mol. The van der Waals surface area contributed by atoms with Crippen molar-refractivity contribution in [3.63, 3.8) is 0 Å². The SMILES string of the molecule is COc1cc([C@H]2CC(=O)Nc3ncn(-c4cccc(C(F)(F)F)c4)c32)cc(OC)c1O. The summed E-state index contributed by atoms with van der Waals surface area (Å²) in [5, 5.41) is 12.9. The average Bonchev–Trinajstić information content (AvgIpc) is 3.16. The molecule has 4 rings (SSSR count). The molecule has 7 nitrogen and oxygen atoms in total. The second kappa shape index (κ2) is 7.53. The largest absolute Gasteiger partial charge is 0.502 e. The highest BCUT2D eigenvalue weighted by atomic mass is 19.4. The minimum absolute atomic E-state index is 0.0226. The molecule has 1 aromatic heterocycles. The van der Waals surface area contributed by atoms with Gasteiger partial charge in [-0.2, -0.15) is 13.2 Å². The number of imidazole rings is 1. The van der Waals surface area contributed by atoms with Gasteiger partial charge in [0.25, 0.3) is 0 Å². The van der Waals surface area contributed by atoms with E-state index in [-0.39, 0.29) is 41.1 Å². The van der Waals surface area contributed by atoms with Gasteiger partial charge in [0, 0.05) is 18.0 Å². The molecule has 162 valence electrons. The number of hydrogen-bond donors (Lipinski definition) is 2. The topological polar surface area (TPSA) is 85.6 Å². The van der Waals surface area contributed by atoms with E-state index in [1.54, 1.807) is 12.1 Å². The van der Waals surface area contributed by atoms with Crippen molar-refractivity contribution in [3.8, 4) is 22.9 Å². The predicted molar refractivity (Wildman–Crippen MR) is 105 cm³/mol. The van der Waals surface area contributed by atoms with Crippen molar-refractivity contribution >= 4 is 11.7 Å². The Labute approximate surface area is 175 Å². The molecule has 2 N–H and O–H groups in total. The molecule has 0 bridgehead atoms. The summed E-state index contributed by atoms with van der Waals surface area (Å²) in [7, 11) is 2.76. The molecular formula is C21H18F3N3O4. The number of aromatic nitrogens is 2. The monoisotopic (exact) mass is 433 g/mol. The zero-order valence-electron chi connectivity index (χ0n) is 16.5. The van der Waals surface area contributed by atoms with Crippen molar-refractivity contribution in [1.82, 2.24) is 9.55 Å². The lowest BCUT2D eigenvalue weighted by molar-refractivity contribution is -0.137. The van der Waals surface area contributed by atoms with Gasteiger partial charge < -0.3 is 24.5 Å². The van der Waals surface area contributed by atoms with Crippen LogP contribution in [0.5, 0.6) is 17.2 Å². The molecule has 1 aliphatic heterocycles. The third-order valence-electron chi connectivity index (χ3n) is 5.14. The predicted octanol–water partition coefficient (Wildman–Crippen LogP) is 4.09. The maximum atomic E-state index is 13.2. The van der Waals surface area contributed by atoms with E-state index in [0.29, 0.717) is 11.3 Å². The molecule has 0 saturated carbocycles. The molecule has 2 aromatic carbocycles. The van der Waals surface area contributed by atoms with Crippen molar-refractivity contribution in [2.45, 2.75) is 18.5 Å². The second-order valence-corrected chi connectivity index (χ2v) is 6.98. The Morgan fingerprint density at radius 3 is 2.45 bits per heavy atom. The van der Waals surface area contributed by atoms with Gasteiger partial charge in [0.1, 0.15) is 6.33 Å². The van der Waals surface area contributed by atoms with E-state index in [0.717, 1.165) is 12.1 Å². The summed E-state index contributed by atoms with van der Waals surface area (Å²) in [4.78, 5) is 16.5. The molecule has 10 heteroatoms. The normalized spacial score (nSPS) is 15.9. The Kier molecular flexibility index (Phi) is 5.00. The van der Waals surface area contributed by atoms with E-state index in [9.17, 15) is 23.1 Å². The maximum absolute atomic E-state index is 13.2. The fourth-order valence-electron chi connectivity index (χ4n) is 3.68. The summed E-state index contributed by atoms with van der Waals surface area (Å²) in [6, 6.07) is 7.98. The fraction of sp³-hybridized carbons (Fsp3) is 0.238. The minimum atomic E-state index is -4.50. The minimum Gasteiger partial charge on any atom is -0.502 e. The first-order valence-corrected chi connectivity index (χ1v) is 9.22. The molecule has 2 heterocycles.